The number of aromatic nitrogens is 3. The highest BCUT2D eigenvalue weighted by molar-refractivity contribution is 5.56. The van der Waals surface area contributed by atoms with Crippen LogP contribution in [0.15, 0.2) is 30.5 Å². The van der Waals surface area contributed by atoms with Crippen LogP contribution in [0.5, 0.6) is 0 Å². The summed E-state index contributed by atoms with van der Waals surface area (Å²) in [4.78, 5) is 4.42. The van der Waals surface area contributed by atoms with Gasteiger partial charge in [-0.25, -0.2) is 0 Å². The first-order valence-corrected chi connectivity index (χ1v) is 7.80. The third kappa shape index (κ3) is 4.69. The Morgan fingerprint density at radius 3 is 2.45 bits per heavy atom. The van der Waals surface area contributed by atoms with Crippen molar-refractivity contribution >= 4 is 17.5 Å². The van der Waals surface area contributed by atoms with Gasteiger partial charge in [0.1, 0.15) is 0 Å². The first kappa shape index (κ1) is 16.2. The molecule has 2 N–H and O–H groups in total. The van der Waals surface area contributed by atoms with Gasteiger partial charge in [0.2, 0.25) is 5.95 Å². The van der Waals surface area contributed by atoms with E-state index in [0.29, 0.717) is 11.8 Å². The summed E-state index contributed by atoms with van der Waals surface area (Å²) < 4.78 is 0. The predicted molar refractivity (Wildman–Crippen MR) is 91.6 cm³/mol. The minimum atomic E-state index is 0.158. The average molecular weight is 299 g/mol. The van der Waals surface area contributed by atoms with Crippen LogP contribution < -0.4 is 10.6 Å². The molecule has 5 nitrogen and oxygen atoms in total. The second kappa shape index (κ2) is 7.20. The zero-order valence-corrected chi connectivity index (χ0v) is 13.8. The Kier molecular flexibility index (Phi) is 5.31. The summed E-state index contributed by atoms with van der Waals surface area (Å²) in [7, 11) is 0. The fourth-order valence-corrected chi connectivity index (χ4v) is 2.02. The molecule has 0 unspecified atom stereocenters. The molecule has 2 rings (SSSR count). The summed E-state index contributed by atoms with van der Waals surface area (Å²) in [5.41, 5.74) is 2.46. The summed E-state index contributed by atoms with van der Waals surface area (Å²) >= 11 is 0. The normalized spacial score (nSPS) is 11.3. The fourth-order valence-electron chi connectivity index (χ4n) is 2.02. The zero-order valence-electron chi connectivity index (χ0n) is 13.8. The second-order valence-electron chi connectivity index (χ2n) is 6.40. The highest BCUT2D eigenvalue weighted by atomic mass is 15.3. The number of nitrogens with zero attached hydrogens (tertiary/aromatic N) is 3. The van der Waals surface area contributed by atoms with Crippen molar-refractivity contribution in [2.75, 3.05) is 17.2 Å². The maximum Gasteiger partial charge on any atom is 0.244 e. The lowest BCUT2D eigenvalue weighted by Gasteiger charge is -2.19. The minimum absolute atomic E-state index is 0.158. The van der Waals surface area contributed by atoms with Gasteiger partial charge < -0.3 is 10.6 Å². The SMILES string of the molecule is CCCCNc1nncc(Nc2ccc(C(C)(C)C)cc2)n1. The monoisotopic (exact) mass is 299 g/mol. The number of rotatable bonds is 6. The van der Waals surface area contributed by atoms with Crippen LogP contribution in [-0.4, -0.2) is 21.7 Å². The second-order valence-corrected chi connectivity index (χ2v) is 6.40. The maximum atomic E-state index is 4.42. The molecule has 0 amide bonds. The lowest BCUT2D eigenvalue weighted by Crippen LogP contribution is -2.10. The predicted octanol–water partition coefficient (Wildman–Crippen LogP) is 4.12. The van der Waals surface area contributed by atoms with Crippen molar-refractivity contribution in [1.82, 2.24) is 15.2 Å². The van der Waals surface area contributed by atoms with Crippen LogP contribution in [0.1, 0.15) is 46.1 Å². The van der Waals surface area contributed by atoms with Gasteiger partial charge in [0.05, 0.1) is 6.20 Å². The molecule has 0 spiro atoms. The topological polar surface area (TPSA) is 62.7 Å². The molecule has 0 bridgehead atoms. The van der Waals surface area contributed by atoms with Crippen LogP contribution in [0, 0.1) is 0 Å². The van der Waals surface area contributed by atoms with Gasteiger partial charge in [0.15, 0.2) is 5.82 Å². The highest BCUT2D eigenvalue weighted by Crippen LogP contribution is 2.24. The van der Waals surface area contributed by atoms with Crippen molar-refractivity contribution in [2.24, 2.45) is 0 Å². The zero-order chi connectivity index (χ0) is 16.0. The van der Waals surface area contributed by atoms with Crippen molar-refractivity contribution in [3.63, 3.8) is 0 Å². The van der Waals surface area contributed by atoms with Gasteiger partial charge in [0, 0.05) is 12.2 Å². The molecular formula is C17H25N5. The van der Waals surface area contributed by atoms with E-state index in [2.05, 4.69) is 77.8 Å². The third-order valence-corrected chi connectivity index (χ3v) is 3.40. The lowest BCUT2D eigenvalue weighted by molar-refractivity contribution is 0.590. The molecule has 1 aromatic carbocycles. The Morgan fingerprint density at radius 2 is 1.82 bits per heavy atom. The van der Waals surface area contributed by atoms with E-state index < -0.39 is 0 Å². The van der Waals surface area contributed by atoms with Gasteiger partial charge in [-0.2, -0.15) is 10.1 Å². The van der Waals surface area contributed by atoms with E-state index in [1.807, 2.05) is 0 Å². The van der Waals surface area contributed by atoms with Crippen LogP contribution in [0.25, 0.3) is 0 Å². The van der Waals surface area contributed by atoms with Crippen LogP contribution in [0.2, 0.25) is 0 Å². The van der Waals surface area contributed by atoms with Crippen molar-refractivity contribution in [3.05, 3.63) is 36.0 Å². The average Bonchev–Trinajstić information content (AvgIpc) is 2.48. The smallest absolute Gasteiger partial charge is 0.244 e. The van der Waals surface area contributed by atoms with Gasteiger partial charge in [-0.05, 0) is 29.5 Å². The molecule has 5 heteroatoms. The summed E-state index contributed by atoms with van der Waals surface area (Å²) in [5, 5.41) is 14.4. The van der Waals surface area contributed by atoms with Crippen LogP contribution in [-0.2, 0) is 5.41 Å². The summed E-state index contributed by atoms with van der Waals surface area (Å²) in [6.07, 6.45) is 3.86. The number of hydrogen-bond donors (Lipinski definition) is 2. The number of benzene rings is 1. The molecule has 22 heavy (non-hydrogen) atoms. The van der Waals surface area contributed by atoms with E-state index in [9.17, 15) is 0 Å². The molecular weight excluding hydrogens is 274 g/mol. The molecule has 0 saturated carbocycles. The molecule has 1 heterocycles. The van der Waals surface area contributed by atoms with Crippen molar-refractivity contribution in [3.8, 4) is 0 Å². The van der Waals surface area contributed by atoms with Crippen LogP contribution in [0.3, 0.4) is 0 Å². The van der Waals surface area contributed by atoms with Crippen molar-refractivity contribution < 1.29 is 0 Å². The molecule has 1 aromatic heterocycles. The van der Waals surface area contributed by atoms with Crippen molar-refractivity contribution in [1.29, 1.82) is 0 Å². The molecule has 2 aromatic rings. The Hall–Kier alpha value is -2.17. The first-order chi connectivity index (χ1) is 10.5. The number of unbranched alkanes of at least 4 members (excludes halogenated alkanes) is 1. The van der Waals surface area contributed by atoms with E-state index in [1.54, 1.807) is 6.20 Å². The Balaban J connectivity index is 2.02. The molecule has 0 atom stereocenters. The maximum absolute atomic E-state index is 4.42. The Labute approximate surface area is 132 Å². The summed E-state index contributed by atoms with van der Waals surface area (Å²) in [6, 6.07) is 8.40. The largest absolute Gasteiger partial charge is 0.353 e. The lowest BCUT2D eigenvalue weighted by atomic mass is 9.87. The van der Waals surface area contributed by atoms with Crippen LogP contribution in [0.4, 0.5) is 17.5 Å². The molecule has 0 radical (unpaired) electrons. The first-order valence-electron chi connectivity index (χ1n) is 7.80. The number of hydrogen-bond acceptors (Lipinski definition) is 5. The number of nitrogens with one attached hydrogen (secondary N) is 2. The highest BCUT2D eigenvalue weighted by Gasteiger charge is 2.12. The molecule has 0 aliphatic carbocycles. The molecule has 0 aliphatic rings. The van der Waals surface area contributed by atoms with E-state index >= 15 is 0 Å². The number of anilines is 3. The molecule has 0 fully saturated rings. The van der Waals surface area contributed by atoms with E-state index in [-0.39, 0.29) is 5.41 Å². The van der Waals surface area contributed by atoms with Gasteiger partial charge in [0.25, 0.3) is 0 Å². The molecule has 0 saturated heterocycles. The Bertz CT molecular complexity index is 587. The molecule has 0 aliphatic heterocycles. The van der Waals surface area contributed by atoms with Gasteiger partial charge in [-0.3, -0.25) is 0 Å². The summed E-state index contributed by atoms with van der Waals surface area (Å²) in [5.74, 6) is 1.25. The van der Waals surface area contributed by atoms with E-state index in [1.165, 1.54) is 5.56 Å². The fraction of sp³-hybridized carbons (Fsp3) is 0.471. The van der Waals surface area contributed by atoms with E-state index in [0.717, 1.165) is 25.1 Å². The quantitative estimate of drug-likeness (QED) is 0.785. The third-order valence-electron chi connectivity index (χ3n) is 3.40. The Morgan fingerprint density at radius 1 is 1.09 bits per heavy atom. The summed E-state index contributed by atoms with van der Waals surface area (Å²) in [6.45, 7) is 9.63. The standard InChI is InChI=1S/C17H25N5/c1-5-6-11-18-16-21-15(12-19-22-16)20-14-9-7-13(8-10-14)17(2,3)4/h7-10,12H,5-6,11H2,1-4H3,(H2,18,20,21,22). The van der Waals surface area contributed by atoms with E-state index in [4.69, 9.17) is 0 Å². The minimum Gasteiger partial charge on any atom is -0.353 e. The van der Waals surface area contributed by atoms with Gasteiger partial charge in [-0.1, -0.05) is 46.2 Å². The van der Waals surface area contributed by atoms with Crippen molar-refractivity contribution in [2.45, 2.75) is 46.0 Å². The van der Waals surface area contributed by atoms with Gasteiger partial charge >= 0.3 is 0 Å². The van der Waals surface area contributed by atoms with Gasteiger partial charge in [-0.15, -0.1) is 5.10 Å². The van der Waals surface area contributed by atoms with Crippen LogP contribution >= 0.6 is 0 Å². The molecule has 118 valence electrons.